The average molecular weight is 286 g/mol. The smallest absolute Gasteiger partial charge is 0.160 e. The van der Waals surface area contributed by atoms with E-state index in [1.165, 1.54) is 0 Å². The zero-order valence-electron chi connectivity index (χ0n) is 14.6. The fraction of sp³-hybridized carbons (Fsp3) is 0.350. The molecule has 1 nitrogen and oxygen atoms in total. The van der Waals surface area contributed by atoms with Gasteiger partial charge in [0.05, 0.1) is 0 Å². The maximum absolute atomic E-state index is 11.4. The number of Topliss-reactive ketones (excluding diaryl/α,β-unsaturated/α-hetero) is 1. The van der Waals surface area contributed by atoms with E-state index in [1.807, 2.05) is 96.1 Å². The maximum Gasteiger partial charge on any atom is 0.160 e. The van der Waals surface area contributed by atoms with Crippen molar-refractivity contribution in [1.82, 2.24) is 0 Å². The van der Waals surface area contributed by atoms with E-state index in [0.717, 1.165) is 16.7 Å². The Bertz CT molecular complexity index is 472. The number of ketones is 1. The SMILES string of the molecule is CC.CC.CC.CC(=O)c1ccccc1-c1ccccc1. The van der Waals surface area contributed by atoms with Crippen LogP contribution in [0.15, 0.2) is 54.6 Å². The van der Waals surface area contributed by atoms with E-state index in [1.54, 1.807) is 6.92 Å². The van der Waals surface area contributed by atoms with Crippen molar-refractivity contribution in [2.75, 3.05) is 0 Å². The second-order valence-corrected chi connectivity index (χ2v) is 3.47. The Kier molecular flexibility index (Phi) is 14.8. The fourth-order valence-electron chi connectivity index (χ4n) is 1.66. The zero-order chi connectivity index (χ0) is 16.7. The van der Waals surface area contributed by atoms with Gasteiger partial charge in [0.25, 0.3) is 0 Å². The molecule has 0 heterocycles. The molecule has 0 saturated carbocycles. The Balaban J connectivity index is 0. The van der Waals surface area contributed by atoms with Crippen LogP contribution in [0.2, 0.25) is 0 Å². The predicted octanol–water partition coefficient (Wildman–Crippen LogP) is 6.63. The van der Waals surface area contributed by atoms with E-state index in [2.05, 4.69) is 0 Å². The molecule has 2 aromatic rings. The molecule has 0 aliphatic heterocycles. The minimum Gasteiger partial charge on any atom is -0.294 e. The number of carbonyl (C=O) groups excluding carboxylic acids is 1. The molecule has 21 heavy (non-hydrogen) atoms. The lowest BCUT2D eigenvalue weighted by Gasteiger charge is -2.06. The van der Waals surface area contributed by atoms with Gasteiger partial charge in [0.15, 0.2) is 5.78 Å². The van der Waals surface area contributed by atoms with Gasteiger partial charge in [0.2, 0.25) is 0 Å². The summed E-state index contributed by atoms with van der Waals surface area (Å²) in [5, 5.41) is 0. The highest BCUT2D eigenvalue weighted by atomic mass is 16.1. The summed E-state index contributed by atoms with van der Waals surface area (Å²) in [7, 11) is 0. The van der Waals surface area contributed by atoms with E-state index in [4.69, 9.17) is 0 Å². The van der Waals surface area contributed by atoms with E-state index in [0.29, 0.717) is 0 Å². The lowest BCUT2D eigenvalue weighted by molar-refractivity contribution is 0.101. The molecule has 116 valence electrons. The van der Waals surface area contributed by atoms with Gasteiger partial charge in [-0.15, -0.1) is 0 Å². The van der Waals surface area contributed by atoms with Crippen molar-refractivity contribution in [2.24, 2.45) is 0 Å². The zero-order valence-corrected chi connectivity index (χ0v) is 14.6. The van der Waals surface area contributed by atoms with Gasteiger partial charge >= 0.3 is 0 Å². The van der Waals surface area contributed by atoms with Crippen LogP contribution in [-0.4, -0.2) is 5.78 Å². The molecule has 0 atom stereocenters. The number of carbonyl (C=O) groups is 1. The van der Waals surface area contributed by atoms with Crippen LogP contribution < -0.4 is 0 Å². The lowest BCUT2D eigenvalue weighted by Crippen LogP contribution is -1.95. The standard InChI is InChI=1S/C14H12O.3C2H6/c1-11(15)13-9-5-6-10-14(13)12-7-3-2-4-8-12;3*1-2/h2-10H,1H3;3*1-2H3. The van der Waals surface area contributed by atoms with Crippen LogP contribution in [0.4, 0.5) is 0 Å². The normalized spacial score (nSPS) is 7.95. The van der Waals surface area contributed by atoms with Crippen LogP contribution in [0.25, 0.3) is 11.1 Å². The van der Waals surface area contributed by atoms with E-state index < -0.39 is 0 Å². The molecule has 0 aliphatic rings. The monoisotopic (exact) mass is 286 g/mol. The molecule has 2 rings (SSSR count). The highest BCUT2D eigenvalue weighted by Gasteiger charge is 2.06. The first-order chi connectivity index (χ1) is 10.3. The molecule has 0 aliphatic carbocycles. The summed E-state index contributed by atoms with van der Waals surface area (Å²) in [5.41, 5.74) is 2.87. The van der Waals surface area contributed by atoms with Gasteiger partial charge in [-0.25, -0.2) is 0 Å². The van der Waals surface area contributed by atoms with Gasteiger partial charge in [0.1, 0.15) is 0 Å². The second-order valence-electron chi connectivity index (χ2n) is 3.47. The first-order valence-electron chi connectivity index (χ1n) is 7.94. The lowest BCUT2D eigenvalue weighted by atomic mass is 9.98. The van der Waals surface area contributed by atoms with Gasteiger partial charge in [-0.1, -0.05) is 96.1 Å². The van der Waals surface area contributed by atoms with Crippen molar-refractivity contribution in [3.8, 4) is 11.1 Å². The molecule has 0 saturated heterocycles. The summed E-state index contributed by atoms with van der Waals surface area (Å²) in [6, 6.07) is 17.6. The van der Waals surface area contributed by atoms with Gasteiger partial charge in [0, 0.05) is 5.56 Å². The van der Waals surface area contributed by atoms with Crippen molar-refractivity contribution in [1.29, 1.82) is 0 Å². The Morgan fingerprint density at radius 3 is 1.57 bits per heavy atom. The number of hydrogen-bond donors (Lipinski definition) is 0. The molecule has 0 N–H and O–H groups in total. The predicted molar refractivity (Wildman–Crippen MR) is 95.9 cm³/mol. The Hall–Kier alpha value is -1.89. The van der Waals surface area contributed by atoms with Crippen LogP contribution in [0.3, 0.4) is 0 Å². The minimum atomic E-state index is 0.106. The van der Waals surface area contributed by atoms with Crippen molar-refractivity contribution in [3.63, 3.8) is 0 Å². The largest absolute Gasteiger partial charge is 0.294 e. The van der Waals surface area contributed by atoms with Gasteiger partial charge in [-0.2, -0.15) is 0 Å². The summed E-state index contributed by atoms with van der Waals surface area (Å²) in [6.45, 7) is 13.6. The highest BCUT2D eigenvalue weighted by molar-refractivity contribution is 6.00. The van der Waals surface area contributed by atoms with E-state index in [-0.39, 0.29) is 5.78 Å². The van der Waals surface area contributed by atoms with E-state index >= 15 is 0 Å². The number of hydrogen-bond acceptors (Lipinski definition) is 1. The van der Waals surface area contributed by atoms with Crippen LogP contribution in [0.5, 0.6) is 0 Å². The average Bonchev–Trinajstić information content (AvgIpc) is 2.61. The molecule has 0 fully saturated rings. The van der Waals surface area contributed by atoms with Crippen molar-refractivity contribution in [3.05, 3.63) is 60.2 Å². The third-order valence-corrected chi connectivity index (χ3v) is 2.39. The molecule has 0 aromatic heterocycles. The Morgan fingerprint density at radius 2 is 1.10 bits per heavy atom. The first kappa shape index (κ1) is 21.4. The fourth-order valence-corrected chi connectivity index (χ4v) is 1.66. The topological polar surface area (TPSA) is 17.1 Å². The molecule has 0 radical (unpaired) electrons. The molecule has 0 bridgehead atoms. The van der Waals surface area contributed by atoms with Crippen LogP contribution in [0.1, 0.15) is 58.8 Å². The van der Waals surface area contributed by atoms with Gasteiger partial charge in [-0.3, -0.25) is 4.79 Å². The first-order valence-corrected chi connectivity index (χ1v) is 7.94. The third-order valence-electron chi connectivity index (χ3n) is 2.39. The maximum atomic E-state index is 11.4. The summed E-state index contributed by atoms with van der Waals surface area (Å²) < 4.78 is 0. The van der Waals surface area contributed by atoms with Crippen LogP contribution in [-0.2, 0) is 0 Å². The Morgan fingerprint density at radius 1 is 0.667 bits per heavy atom. The second kappa shape index (κ2) is 14.5. The van der Waals surface area contributed by atoms with Gasteiger partial charge < -0.3 is 0 Å². The third kappa shape index (κ3) is 7.45. The highest BCUT2D eigenvalue weighted by Crippen LogP contribution is 2.23. The van der Waals surface area contributed by atoms with Crippen molar-refractivity contribution in [2.45, 2.75) is 48.5 Å². The van der Waals surface area contributed by atoms with Crippen LogP contribution >= 0.6 is 0 Å². The quantitative estimate of drug-likeness (QED) is 0.566. The molecular formula is C20H30O. The summed E-state index contributed by atoms with van der Waals surface area (Å²) in [5.74, 6) is 0.106. The minimum absolute atomic E-state index is 0.106. The molecule has 1 heteroatoms. The molecular weight excluding hydrogens is 256 g/mol. The molecule has 0 spiro atoms. The summed E-state index contributed by atoms with van der Waals surface area (Å²) in [6.07, 6.45) is 0. The number of benzene rings is 2. The summed E-state index contributed by atoms with van der Waals surface area (Å²) in [4.78, 5) is 11.4. The molecule has 0 amide bonds. The van der Waals surface area contributed by atoms with Gasteiger partial charge in [-0.05, 0) is 18.1 Å². The molecule has 2 aromatic carbocycles. The Labute approximate surface area is 131 Å². The van der Waals surface area contributed by atoms with Crippen molar-refractivity contribution < 1.29 is 4.79 Å². The van der Waals surface area contributed by atoms with Crippen molar-refractivity contribution >= 4 is 5.78 Å². The summed E-state index contributed by atoms with van der Waals surface area (Å²) >= 11 is 0. The number of rotatable bonds is 2. The van der Waals surface area contributed by atoms with E-state index in [9.17, 15) is 4.79 Å². The molecule has 0 unspecified atom stereocenters. The van der Waals surface area contributed by atoms with Crippen LogP contribution in [0, 0.1) is 0 Å².